The first-order valence-electron chi connectivity index (χ1n) is 4.77. The molecule has 80 valence electrons. The highest BCUT2D eigenvalue weighted by Crippen LogP contribution is 2.24. The Labute approximate surface area is 102 Å². The van der Waals surface area contributed by atoms with Crippen molar-refractivity contribution in [3.05, 3.63) is 52.7 Å². The van der Waals surface area contributed by atoms with Gasteiger partial charge < -0.3 is 4.42 Å². The molecule has 0 spiro atoms. The molecule has 3 heteroatoms. The smallest absolute Gasteiger partial charge is 0.142 e. The van der Waals surface area contributed by atoms with Gasteiger partial charge in [-0.15, -0.1) is 0 Å². The van der Waals surface area contributed by atoms with Crippen LogP contribution in [-0.4, -0.2) is 6.29 Å². The predicted molar refractivity (Wildman–Crippen MR) is 66.9 cm³/mol. The summed E-state index contributed by atoms with van der Waals surface area (Å²) in [7, 11) is 0. The molecular formula is C13H9BrO2. The van der Waals surface area contributed by atoms with Gasteiger partial charge in [0, 0.05) is 10.0 Å². The maximum absolute atomic E-state index is 10.2. The summed E-state index contributed by atoms with van der Waals surface area (Å²) >= 11 is 3.38. The summed E-state index contributed by atoms with van der Waals surface area (Å²) in [4.78, 5) is 10.2. The second kappa shape index (κ2) is 4.94. The molecule has 0 atom stereocenters. The Balaban J connectivity index is 2.27. The third kappa shape index (κ3) is 2.49. The van der Waals surface area contributed by atoms with Crippen LogP contribution in [0.2, 0.25) is 0 Å². The monoisotopic (exact) mass is 276 g/mol. The second-order valence-corrected chi connectivity index (χ2v) is 4.12. The minimum atomic E-state index is 0.671. The van der Waals surface area contributed by atoms with Gasteiger partial charge in [0.1, 0.15) is 17.8 Å². The Kier molecular flexibility index (Phi) is 3.37. The maximum Gasteiger partial charge on any atom is 0.142 e. The summed E-state index contributed by atoms with van der Waals surface area (Å²) in [5, 5.41) is 0. The number of hydrogen-bond donors (Lipinski definition) is 0. The minimum Gasteiger partial charge on any atom is -0.457 e. The van der Waals surface area contributed by atoms with Crippen LogP contribution in [0.3, 0.4) is 0 Å². The predicted octanol–water partition coefficient (Wildman–Crippen LogP) is 3.92. The van der Waals surface area contributed by atoms with Gasteiger partial charge in [0.2, 0.25) is 0 Å². The van der Waals surface area contributed by atoms with Crippen molar-refractivity contribution in [2.45, 2.75) is 0 Å². The molecule has 0 N–H and O–H groups in total. The van der Waals surface area contributed by atoms with Crippen LogP contribution in [0.5, 0.6) is 0 Å². The molecule has 2 rings (SSSR count). The van der Waals surface area contributed by atoms with Gasteiger partial charge in [0.05, 0.1) is 0 Å². The number of benzene rings is 1. The molecule has 0 unspecified atom stereocenters. The molecule has 2 aromatic rings. The van der Waals surface area contributed by atoms with Crippen LogP contribution >= 0.6 is 15.9 Å². The highest BCUT2D eigenvalue weighted by molar-refractivity contribution is 9.10. The van der Waals surface area contributed by atoms with Crippen molar-refractivity contribution in [1.29, 1.82) is 0 Å². The topological polar surface area (TPSA) is 30.2 Å². The lowest BCUT2D eigenvalue weighted by Gasteiger charge is -1.96. The Morgan fingerprint density at radius 2 is 1.81 bits per heavy atom. The van der Waals surface area contributed by atoms with Gasteiger partial charge in [-0.1, -0.05) is 28.1 Å². The van der Waals surface area contributed by atoms with Gasteiger partial charge in [-0.2, -0.15) is 0 Å². The zero-order valence-corrected chi connectivity index (χ0v) is 9.98. The molecule has 2 nitrogen and oxygen atoms in total. The summed E-state index contributed by atoms with van der Waals surface area (Å²) in [6.45, 7) is 0. The number of rotatable bonds is 3. The third-order valence-electron chi connectivity index (χ3n) is 2.09. The van der Waals surface area contributed by atoms with Crippen molar-refractivity contribution >= 4 is 28.3 Å². The Morgan fingerprint density at radius 1 is 1.06 bits per heavy atom. The molecule has 0 fully saturated rings. The molecule has 0 aliphatic carbocycles. The lowest BCUT2D eigenvalue weighted by Crippen LogP contribution is -1.72. The third-order valence-corrected chi connectivity index (χ3v) is 2.62. The van der Waals surface area contributed by atoms with E-state index in [2.05, 4.69) is 15.9 Å². The molecule has 1 heterocycles. The molecule has 0 saturated carbocycles. The second-order valence-electron chi connectivity index (χ2n) is 3.20. The van der Waals surface area contributed by atoms with Crippen molar-refractivity contribution in [1.82, 2.24) is 0 Å². The van der Waals surface area contributed by atoms with Crippen molar-refractivity contribution in [2.75, 3.05) is 0 Å². The van der Waals surface area contributed by atoms with Crippen LogP contribution in [0.15, 0.2) is 51.4 Å². The van der Waals surface area contributed by atoms with Gasteiger partial charge in [0.25, 0.3) is 0 Å². The molecule has 0 radical (unpaired) electrons. The summed E-state index contributed by atoms with van der Waals surface area (Å²) in [5.74, 6) is 1.46. The van der Waals surface area contributed by atoms with Crippen LogP contribution < -0.4 is 0 Å². The van der Waals surface area contributed by atoms with E-state index >= 15 is 0 Å². The van der Waals surface area contributed by atoms with E-state index in [1.165, 1.54) is 6.08 Å². The van der Waals surface area contributed by atoms with E-state index in [0.717, 1.165) is 22.1 Å². The molecule has 0 aliphatic heterocycles. The zero-order valence-electron chi connectivity index (χ0n) is 8.39. The Hall–Kier alpha value is -1.61. The number of halogens is 1. The first-order valence-corrected chi connectivity index (χ1v) is 5.56. The first kappa shape index (κ1) is 10.9. The lowest BCUT2D eigenvalue weighted by molar-refractivity contribution is -0.104. The molecular weight excluding hydrogens is 268 g/mol. The Morgan fingerprint density at radius 3 is 2.50 bits per heavy atom. The van der Waals surface area contributed by atoms with Crippen molar-refractivity contribution < 1.29 is 9.21 Å². The number of aldehydes is 1. The molecule has 1 aromatic heterocycles. The number of furan rings is 1. The maximum atomic E-state index is 10.2. The van der Waals surface area contributed by atoms with E-state index in [-0.39, 0.29) is 0 Å². The van der Waals surface area contributed by atoms with E-state index in [9.17, 15) is 4.79 Å². The van der Waals surface area contributed by atoms with E-state index in [1.54, 1.807) is 6.08 Å². The fraction of sp³-hybridized carbons (Fsp3) is 0. The molecule has 0 bridgehead atoms. The molecule has 0 saturated heterocycles. The minimum absolute atomic E-state index is 0.671. The number of carbonyl (C=O) groups is 1. The van der Waals surface area contributed by atoms with Gasteiger partial charge in [-0.3, -0.25) is 4.79 Å². The first-order chi connectivity index (χ1) is 7.79. The lowest BCUT2D eigenvalue weighted by atomic mass is 10.2. The van der Waals surface area contributed by atoms with Gasteiger partial charge in [-0.05, 0) is 36.4 Å². The number of hydrogen-bond acceptors (Lipinski definition) is 2. The van der Waals surface area contributed by atoms with Crippen LogP contribution in [0.4, 0.5) is 0 Å². The summed E-state index contributed by atoms with van der Waals surface area (Å²) < 4.78 is 6.58. The standard InChI is InChI=1S/C13H9BrO2/c14-11-5-3-10(4-6-11)13-8-7-12(16-13)2-1-9-15/h1-9H. The van der Waals surface area contributed by atoms with Gasteiger partial charge in [-0.25, -0.2) is 0 Å². The quantitative estimate of drug-likeness (QED) is 0.628. The van der Waals surface area contributed by atoms with Crippen molar-refractivity contribution in [2.24, 2.45) is 0 Å². The van der Waals surface area contributed by atoms with Crippen molar-refractivity contribution in [3.8, 4) is 11.3 Å². The van der Waals surface area contributed by atoms with E-state index in [4.69, 9.17) is 4.42 Å². The largest absolute Gasteiger partial charge is 0.457 e. The van der Waals surface area contributed by atoms with Crippen LogP contribution in [0.1, 0.15) is 5.76 Å². The molecule has 0 amide bonds. The normalized spacial score (nSPS) is 10.8. The zero-order chi connectivity index (χ0) is 11.4. The molecule has 16 heavy (non-hydrogen) atoms. The van der Waals surface area contributed by atoms with E-state index < -0.39 is 0 Å². The van der Waals surface area contributed by atoms with Gasteiger partial charge >= 0.3 is 0 Å². The van der Waals surface area contributed by atoms with Crippen LogP contribution in [-0.2, 0) is 4.79 Å². The van der Waals surface area contributed by atoms with Crippen molar-refractivity contribution in [3.63, 3.8) is 0 Å². The highest BCUT2D eigenvalue weighted by Gasteiger charge is 2.02. The average Bonchev–Trinajstić information content (AvgIpc) is 2.76. The fourth-order valence-corrected chi connectivity index (χ4v) is 1.61. The SMILES string of the molecule is O=CC=Cc1ccc(-c2ccc(Br)cc2)o1. The Bertz CT molecular complexity index is 509. The fourth-order valence-electron chi connectivity index (χ4n) is 1.35. The summed E-state index contributed by atoms with van der Waals surface area (Å²) in [5.41, 5.74) is 1.01. The van der Waals surface area contributed by atoms with E-state index in [1.807, 2.05) is 36.4 Å². The summed E-state index contributed by atoms with van der Waals surface area (Å²) in [6.07, 6.45) is 3.77. The number of carbonyl (C=O) groups excluding carboxylic acids is 1. The summed E-state index contributed by atoms with van der Waals surface area (Å²) in [6, 6.07) is 11.6. The van der Waals surface area contributed by atoms with Crippen LogP contribution in [0, 0.1) is 0 Å². The van der Waals surface area contributed by atoms with E-state index in [0.29, 0.717) is 5.76 Å². The highest BCUT2D eigenvalue weighted by atomic mass is 79.9. The van der Waals surface area contributed by atoms with Gasteiger partial charge in [0.15, 0.2) is 0 Å². The number of allylic oxidation sites excluding steroid dienone is 1. The molecule has 0 aliphatic rings. The average molecular weight is 277 g/mol. The molecule has 1 aromatic carbocycles. The van der Waals surface area contributed by atoms with Crippen LogP contribution in [0.25, 0.3) is 17.4 Å².